The van der Waals surface area contributed by atoms with E-state index in [0.29, 0.717) is 31.9 Å². The predicted octanol–water partition coefficient (Wildman–Crippen LogP) is 5.26. The Kier molecular flexibility index (Phi) is 6.46. The third-order valence-electron chi connectivity index (χ3n) is 5.13. The van der Waals surface area contributed by atoms with E-state index < -0.39 is 21.7 Å². The molecule has 0 bridgehead atoms. The Morgan fingerprint density at radius 3 is 2.52 bits per heavy atom. The molecule has 0 saturated carbocycles. The SMILES string of the molecule is COCc1c(C(=O)Nc2cccc(S(=O)(=O)N(C)c3ccccc3)c2)sc2cccc(F)c12. The smallest absolute Gasteiger partial charge is 0.266 e. The summed E-state index contributed by atoms with van der Waals surface area (Å²) in [7, 11) is -0.896. The molecule has 3 aromatic carbocycles. The Bertz CT molecular complexity index is 1420. The van der Waals surface area contributed by atoms with Gasteiger partial charge in [0.1, 0.15) is 5.82 Å². The highest BCUT2D eigenvalue weighted by Crippen LogP contribution is 2.34. The molecule has 170 valence electrons. The molecule has 4 rings (SSSR count). The van der Waals surface area contributed by atoms with Crippen LogP contribution in [0.2, 0.25) is 0 Å². The first kappa shape index (κ1) is 22.9. The van der Waals surface area contributed by atoms with Gasteiger partial charge in [0.05, 0.1) is 22.1 Å². The number of methoxy groups -OCH3 is 1. The fourth-order valence-corrected chi connectivity index (χ4v) is 5.85. The number of nitrogens with one attached hydrogen (secondary N) is 1. The Hall–Kier alpha value is -3.27. The van der Waals surface area contributed by atoms with E-state index in [2.05, 4.69) is 5.32 Å². The number of rotatable bonds is 7. The summed E-state index contributed by atoms with van der Waals surface area (Å²) in [6, 6.07) is 19.4. The minimum atomic E-state index is -3.84. The number of benzene rings is 3. The zero-order valence-corrected chi connectivity index (χ0v) is 19.5. The lowest BCUT2D eigenvalue weighted by molar-refractivity contribution is 0.102. The van der Waals surface area contributed by atoms with E-state index in [4.69, 9.17) is 4.74 Å². The molecule has 0 aliphatic carbocycles. The van der Waals surface area contributed by atoms with E-state index in [0.717, 1.165) is 11.3 Å². The van der Waals surface area contributed by atoms with Crippen molar-refractivity contribution in [2.24, 2.45) is 0 Å². The quantitative estimate of drug-likeness (QED) is 0.388. The maximum absolute atomic E-state index is 14.4. The molecule has 0 spiro atoms. The van der Waals surface area contributed by atoms with Gasteiger partial charge in [-0.2, -0.15) is 0 Å². The van der Waals surface area contributed by atoms with Crippen LogP contribution in [0.1, 0.15) is 15.2 Å². The number of nitrogens with zero attached hydrogens (tertiary/aromatic N) is 1. The highest BCUT2D eigenvalue weighted by molar-refractivity contribution is 7.92. The first-order valence-corrected chi connectivity index (χ1v) is 12.2. The normalized spacial score (nSPS) is 11.5. The fourth-order valence-electron chi connectivity index (χ4n) is 3.49. The van der Waals surface area contributed by atoms with Crippen LogP contribution in [-0.4, -0.2) is 28.5 Å². The molecule has 0 saturated heterocycles. The van der Waals surface area contributed by atoms with Crippen molar-refractivity contribution < 1.29 is 22.3 Å². The molecule has 1 aromatic heterocycles. The molecule has 0 aliphatic heterocycles. The number of para-hydroxylation sites is 1. The second kappa shape index (κ2) is 9.30. The van der Waals surface area contributed by atoms with Crippen molar-refractivity contribution in [2.75, 3.05) is 23.8 Å². The molecule has 0 aliphatic rings. The van der Waals surface area contributed by atoms with Gasteiger partial charge in [0.25, 0.3) is 15.9 Å². The minimum Gasteiger partial charge on any atom is -0.380 e. The van der Waals surface area contributed by atoms with Gasteiger partial charge in [-0.3, -0.25) is 9.10 Å². The molecule has 6 nitrogen and oxygen atoms in total. The lowest BCUT2D eigenvalue weighted by Gasteiger charge is -2.19. The number of halogens is 1. The lowest BCUT2D eigenvalue weighted by Crippen LogP contribution is -2.26. The Balaban J connectivity index is 1.65. The van der Waals surface area contributed by atoms with E-state index in [1.807, 2.05) is 0 Å². The van der Waals surface area contributed by atoms with Crippen LogP contribution in [0.15, 0.2) is 77.7 Å². The van der Waals surface area contributed by atoms with Crippen molar-refractivity contribution >= 4 is 48.7 Å². The van der Waals surface area contributed by atoms with Crippen molar-refractivity contribution in [1.82, 2.24) is 0 Å². The van der Waals surface area contributed by atoms with Gasteiger partial charge in [-0.1, -0.05) is 30.3 Å². The third kappa shape index (κ3) is 4.47. The molecule has 1 N–H and O–H groups in total. The van der Waals surface area contributed by atoms with Crippen molar-refractivity contribution in [3.05, 3.63) is 89.1 Å². The van der Waals surface area contributed by atoms with Crippen molar-refractivity contribution in [3.63, 3.8) is 0 Å². The summed E-state index contributed by atoms with van der Waals surface area (Å²) < 4.78 is 47.6. The number of sulfonamides is 1. The second-order valence-corrected chi connectivity index (χ2v) is 10.3. The Morgan fingerprint density at radius 1 is 1.06 bits per heavy atom. The molecular weight excluding hydrogens is 463 g/mol. The van der Waals surface area contributed by atoms with Gasteiger partial charge >= 0.3 is 0 Å². The van der Waals surface area contributed by atoms with Gasteiger partial charge in [0.2, 0.25) is 0 Å². The van der Waals surface area contributed by atoms with Crippen LogP contribution < -0.4 is 9.62 Å². The maximum Gasteiger partial charge on any atom is 0.266 e. The third-order valence-corrected chi connectivity index (χ3v) is 8.11. The molecule has 0 radical (unpaired) electrons. The fraction of sp³-hybridized carbons (Fsp3) is 0.125. The number of hydrogen-bond donors (Lipinski definition) is 1. The average Bonchev–Trinajstić information content (AvgIpc) is 3.19. The van der Waals surface area contributed by atoms with E-state index in [9.17, 15) is 17.6 Å². The highest BCUT2D eigenvalue weighted by Gasteiger charge is 2.23. The topological polar surface area (TPSA) is 75.7 Å². The molecule has 33 heavy (non-hydrogen) atoms. The van der Waals surface area contributed by atoms with Crippen LogP contribution in [0.5, 0.6) is 0 Å². The zero-order valence-electron chi connectivity index (χ0n) is 17.9. The molecule has 1 amide bonds. The molecule has 0 fully saturated rings. The van der Waals surface area contributed by atoms with Crippen LogP contribution >= 0.6 is 11.3 Å². The molecule has 9 heteroatoms. The summed E-state index contributed by atoms with van der Waals surface area (Å²) in [5.74, 6) is -0.888. The summed E-state index contributed by atoms with van der Waals surface area (Å²) in [5, 5.41) is 3.10. The number of anilines is 2. The van der Waals surface area contributed by atoms with Gasteiger partial charge in [-0.15, -0.1) is 11.3 Å². The average molecular weight is 485 g/mol. The largest absolute Gasteiger partial charge is 0.380 e. The minimum absolute atomic E-state index is 0.0335. The first-order valence-electron chi connectivity index (χ1n) is 9.97. The van der Waals surface area contributed by atoms with Crippen molar-refractivity contribution in [3.8, 4) is 0 Å². The first-order chi connectivity index (χ1) is 15.8. The monoisotopic (exact) mass is 484 g/mol. The summed E-state index contributed by atoms with van der Waals surface area (Å²) in [5.41, 5.74) is 1.29. The van der Waals surface area contributed by atoms with Crippen LogP contribution in [-0.2, 0) is 21.4 Å². The molecule has 0 unspecified atom stereocenters. The van der Waals surface area contributed by atoms with E-state index >= 15 is 0 Å². The van der Waals surface area contributed by atoms with Crippen LogP contribution in [0.25, 0.3) is 10.1 Å². The van der Waals surface area contributed by atoms with Gasteiger partial charge in [0, 0.05) is 35.5 Å². The summed E-state index contributed by atoms with van der Waals surface area (Å²) >= 11 is 1.16. The highest BCUT2D eigenvalue weighted by atomic mass is 32.2. The van der Waals surface area contributed by atoms with Crippen LogP contribution in [0.4, 0.5) is 15.8 Å². The number of thiophene rings is 1. The Labute approximate surface area is 195 Å². The van der Waals surface area contributed by atoms with Crippen molar-refractivity contribution in [2.45, 2.75) is 11.5 Å². The van der Waals surface area contributed by atoms with Crippen LogP contribution in [0.3, 0.4) is 0 Å². The predicted molar refractivity (Wildman–Crippen MR) is 129 cm³/mol. The number of fused-ring (bicyclic) bond motifs is 1. The number of carbonyl (C=O) groups excluding carboxylic acids is 1. The standard InChI is InChI=1S/C24H21FN2O4S2/c1-27(17-9-4-3-5-10-17)33(29,30)18-11-6-8-16(14-18)26-24(28)23-19(15-31-2)22-20(25)12-7-13-21(22)32-23/h3-14H,15H2,1-2H3,(H,26,28). The van der Waals surface area contributed by atoms with Gasteiger partial charge in [0.15, 0.2) is 0 Å². The molecule has 1 heterocycles. The Morgan fingerprint density at radius 2 is 1.79 bits per heavy atom. The van der Waals surface area contributed by atoms with Gasteiger partial charge < -0.3 is 10.1 Å². The van der Waals surface area contributed by atoms with Gasteiger partial charge in [-0.25, -0.2) is 12.8 Å². The number of ether oxygens (including phenoxy) is 1. The number of amides is 1. The summed E-state index contributed by atoms with van der Waals surface area (Å²) in [4.78, 5) is 13.4. The van der Waals surface area contributed by atoms with E-state index in [1.54, 1.807) is 54.6 Å². The van der Waals surface area contributed by atoms with Crippen LogP contribution in [0, 0.1) is 5.82 Å². The second-order valence-electron chi connectivity index (χ2n) is 7.25. The van der Waals surface area contributed by atoms with E-state index in [-0.39, 0.29) is 11.5 Å². The van der Waals surface area contributed by atoms with E-state index in [1.165, 1.54) is 36.7 Å². The lowest BCUT2D eigenvalue weighted by atomic mass is 10.1. The van der Waals surface area contributed by atoms with Crippen molar-refractivity contribution in [1.29, 1.82) is 0 Å². The maximum atomic E-state index is 14.4. The summed E-state index contributed by atoms with van der Waals surface area (Å²) in [6.07, 6.45) is 0. The molecule has 4 aromatic rings. The molecule has 0 atom stereocenters. The van der Waals surface area contributed by atoms with Gasteiger partial charge in [-0.05, 0) is 42.5 Å². The summed E-state index contributed by atoms with van der Waals surface area (Å²) in [6.45, 7) is 0.0694. The number of hydrogen-bond acceptors (Lipinski definition) is 5. The molecular formula is C24H21FN2O4S2. The zero-order chi connectivity index (χ0) is 23.6. The number of carbonyl (C=O) groups is 1.